The highest BCUT2D eigenvalue weighted by molar-refractivity contribution is 5.90. The van der Waals surface area contributed by atoms with Crippen LogP contribution in [0.4, 0.5) is 14.5 Å². The largest absolute Gasteiger partial charge is 0.436 e. The number of carbonyl (C=O) groups is 1. The van der Waals surface area contributed by atoms with Crippen molar-refractivity contribution in [2.75, 3.05) is 5.32 Å². The molecule has 0 unspecified atom stereocenters. The fraction of sp³-hybridized carbons (Fsp3) is 0.0233. The number of anilines is 1. The first-order valence-corrected chi connectivity index (χ1v) is 34.6. The first kappa shape index (κ1) is 87.7. The predicted octanol–water partition coefficient (Wildman–Crippen LogP) is 16.3. The number of carbonyl (C=O) groups excluding carboxylic acids is 11. The van der Waals surface area contributed by atoms with E-state index in [1.807, 2.05) is 134 Å². The molecule has 0 spiro atoms. The second kappa shape index (κ2) is 48.1. The normalized spacial score (nSPS) is 9.53. The van der Waals surface area contributed by atoms with E-state index in [2.05, 4.69) is 167 Å². The molecule has 0 atom stereocenters. The van der Waals surface area contributed by atoms with Crippen molar-refractivity contribution in [3.05, 3.63) is 321 Å². The number of nitrogens with one attached hydrogen (secondary N) is 6. The van der Waals surface area contributed by atoms with Crippen LogP contribution in [0.5, 0.6) is 58.1 Å². The highest BCUT2D eigenvalue weighted by Crippen LogP contribution is 2.33. The van der Waals surface area contributed by atoms with Gasteiger partial charge in [0.25, 0.3) is 29.4 Å². The van der Waals surface area contributed by atoms with Crippen LogP contribution in [0.25, 0.3) is 77.2 Å². The summed E-state index contributed by atoms with van der Waals surface area (Å²) >= 11 is 0. The number of amides is 1. The van der Waals surface area contributed by atoms with Crippen molar-refractivity contribution in [1.82, 2.24) is 77.1 Å². The molecule has 6 N–H and O–H groups in total. The van der Waals surface area contributed by atoms with Gasteiger partial charge < -0.3 is 29.0 Å². The van der Waals surface area contributed by atoms with Crippen LogP contribution in [-0.4, -0.2) is 114 Å². The standard InChI is InChI=1S/2C18H13N3O.C16H14N4O2.C15H12FN3O.C14H10FN3O.5CO2/c1-2-5-14-10-16(9-8-13(14)4-1)15-6-3-7-17(11-15)22-18-12-19-21-20-18;1-2-4-15-11-16(6-5-13(15)3-1)14-7-9-17(10-8-14)22-18-12-19-21-20-18;1-11(21)18-14-6-2-12(3-7-14)13-4-8-15(9-5-13)22-16-10-17-20-19-16;1-10-6-12(8-13(16)7-10)11-2-4-14(5-3-11)20-15-9-17-19-18-15;15-13-4-2-1-3-12(13)10-5-7-11(8-6-10)19-14-9-16-18-17-14;5*2-1-3/h2*1-12H,(H,19,20,21);2-10H,1H3,(H,18,21)(H,17,19,20);2-9H,1H3,(H,17,18,19);1-9H,(H,16,17,18);;;;;. The summed E-state index contributed by atoms with van der Waals surface area (Å²) in [6, 6.07) is 86.9. The molecule has 17 aromatic rings. The number of aryl methyl sites for hydroxylation is 1. The second-order valence-electron chi connectivity index (χ2n) is 23.5. The lowest BCUT2D eigenvalue weighted by Crippen LogP contribution is -2.05. The van der Waals surface area contributed by atoms with Gasteiger partial charge in [-0.15, -0.1) is 25.5 Å². The van der Waals surface area contributed by atoms with Gasteiger partial charge in [-0.1, -0.05) is 170 Å². The van der Waals surface area contributed by atoms with Gasteiger partial charge in [0.15, 0.2) is 0 Å². The summed E-state index contributed by atoms with van der Waals surface area (Å²) in [6.45, 7) is 3.36. The van der Waals surface area contributed by atoms with Gasteiger partial charge in [-0.3, -0.25) is 4.79 Å². The molecule has 17 rings (SSSR count). The topological polar surface area (TPSA) is 454 Å². The van der Waals surface area contributed by atoms with E-state index in [0.717, 1.165) is 67.3 Å². The van der Waals surface area contributed by atoms with Crippen LogP contribution < -0.4 is 29.0 Å². The Morgan fingerprint density at radius 3 is 0.967 bits per heavy atom. The van der Waals surface area contributed by atoms with Crippen LogP contribution in [-0.2, 0) is 52.7 Å². The summed E-state index contributed by atoms with van der Waals surface area (Å²) in [5.74, 6) is 4.99. The highest BCUT2D eigenvalue weighted by atomic mass is 19.1. The highest BCUT2D eigenvalue weighted by Gasteiger charge is 2.11. The molecule has 5 aromatic heterocycles. The summed E-state index contributed by atoms with van der Waals surface area (Å²) in [5, 5.41) is 57.8. The number of hydrogen-bond donors (Lipinski definition) is 6. The van der Waals surface area contributed by atoms with Gasteiger partial charge in [-0.05, 0) is 187 Å². The van der Waals surface area contributed by atoms with Gasteiger partial charge in [0.2, 0.25) is 5.91 Å². The smallest absolute Gasteiger partial charge is 0.373 e. The molecule has 32 nitrogen and oxygen atoms in total. The van der Waals surface area contributed by atoms with Crippen molar-refractivity contribution in [2.24, 2.45) is 0 Å². The zero-order valence-corrected chi connectivity index (χ0v) is 62.6. The molecular weight excluding hydrogens is 1550 g/mol. The van der Waals surface area contributed by atoms with Crippen molar-refractivity contribution in [1.29, 1.82) is 0 Å². The number of benzene rings is 12. The summed E-state index contributed by atoms with van der Waals surface area (Å²) in [4.78, 5) is 92.2. The summed E-state index contributed by atoms with van der Waals surface area (Å²) in [7, 11) is 0. The zero-order valence-electron chi connectivity index (χ0n) is 62.6. The minimum Gasteiger partial charge on any atom is -0.436 e. The van der Waals surface area contributed by atoms with Gasteiger partial charge in [0.05, 0.1) is 0 Å². The Labute approximate surface area is 677 Å². The number of rotatable bonds is 16. The van der Waals surface area contributed by atoms with E-state index in [-0.39, 0.29) is 48.3 Å². The van der Waals surface area contributed by atoms with Crippen molar-refractivity contribution in [3.63, 3.8) is 0 Å². The molecule has 34 heteroatoms. The number of aromatic amines is 5. The van der Waals surface area contributed by atoms with Crippen molar-refractivity contribution < 1.29 is 85.2 Å². The molecule has 0 aliphatic carbocycles. The maximum atomic E-state index is 13.6. The fourth-order valence-corrected chi connectivity index (χ4v) is 10.7. The van der Waals surface area contributed by atoms with Crippen LogP contribution in [0.3, 0.4) is 0 Å². The van der Waals surface area contributed by atoms with Crippen molar-refractivity contribution in [2.45, 2.75) is 13.8 Å². The minimum atomic E-state index is -0.243. The van der Waals surface area contributed by atoms with E-state index >= 15 is 0 Å². The van der Waals surface area contributed by atoms with Crippen LogP contribution in [0.15, 0.2) is 304 Å². The molecule has 12 aromatic carbocycles. The van der Waals surface area contributed by atoms with Crippen LogP contribution in [0, 0.1) is 18.6 Å². The number of fused-ring (bicyclic) bond motifs is 2. The Bertz CT molecular complexity index is 6040. The van der Waals surface area contributed by atoms with Crippen LogP contribution in [0.1, 0.15) is 12.5 Å². The van der Waals surface area contributed by atoms with Gasteiger partial charge >= 0.3 is 30.8 Å². The Morgan fingerprint density at radius 1 is 0.300 bits per heavy atom. The van der Waals surface area contributed by atoms with Crippen LogP contribution in [0.2, 0.25) is 0 Å². The molecular formula is C86H62F2N16O16. The SMILES string of the molecule is CC(=O)Nc1ccc(-c2ccc(Oc3cn[nH]n3)cc2)cc1.Cc1cc(F)cc(-c2ccc(Oc3cn[nH]n3)cc2)c1.Fc1ccccc1-c1ccc(Oc2cn[nH]n2)cc1.O=C=O.O=C=O.O=C=O.O=C=O.O=C=O.c1cc(Oc2cn[nH]n2)cc(-c2ccc3ccccc3c2)c1.c1ccc2cc(-c3ccc(Oc4cn[nH]n4)cc3)ccc2c1. The monoisotopic (exact) mass is 1610 g/mol. The number of halogens is 2. The van der Waals surface area contributed by atoms with E-state index in [1.54, 1.807) is 48.7 Å². The third-order valence-corrected chi connectivity index (χ3v) is 15.6. The first-order valence-electron chi connectivity index (χ1n) is 34.6. The van der Waals surface area contributed by atoms with Crippen molar-refractivity contribution >= 4 is 63.9 Å². The minimum absolute atomic E-state index is 0.0814. The Balaban J connectivity index is 0.000000179. The maximum Gasteiger partial charge on any atom is 0.373 e. The third-order valence-electron chi connectivity index (χ3n) is 15.6. The maximum absolute atomic E-state index is 13.6. The van der Waals surface area contributed by atoms with E-state index in [4.69, 9.17) is 71.6 Å². The number of H-pyrrole nitrogens is 5. The molecule has 0 aliphatic rings. The lowest BCUT2D eigenvalue weighted by atomic mass is 10.0. The summed E-state index contributed by atoms with van der Waals surface area (Å²) < 4.78 is 54.7. The molecule has 0 aliphatic heterocycles. The Morgan fingerprint density at radius 2 is 0.608 bits per heavy atom. The lowest BCUT2D eigenvalue weighted by Gasteiger charge is -2.07. The molecule has 0 radical (unpaired) electrons. The van der Waals surface area contributed by atoms with Crippen LogP contribution >= 0.6 is 0 Å². The van der Waals surface area contributed by atoms with Gasteiger partial charge in [-0.25, -0.2) is 8.78 Å². The number of ether oxygens (including phenoxy) is 5. The first-order chi connectivity index (χ1) is 58.6. The molecule has 0 bridgehead atoms. The van der Waals surface area contributed by atoms with Crippen molar-refractivity contribution in [3.8, 4) is 114 Å². The Hall–Kier alpha value is -17.9. The quantitative estimate of drug-likeness (QED) is 0.0523. The number of hydrogen-bond acceptors (Lipinski definition) is 26. The third kappa shape index (κ3) is 29.0. The van der Waals surface area contributed by atoms with Gasteiger partial charge in [0, 0.05) is 18.2 Å². The van der Waals surface area contributed by atoms with E-state index in [1.165, 1.54) is 77.0 Å². The van der Waals surface area contributed by atoms with E-state index < -0.39 is 0 Å². The molecule has 0 saturated carbocycles. The number of nitrogens with zero attached hydrogens (tertiary/aromatic N) is 10. The fourth-order valence-electron chi connectivity index (χ4n) is 10.7. The van der Waals surface area contributed by atoms with E-state index in [9.17, 15) is 13.6 Å². The molecule has 5 heterocycles. The average Bonchev–Trinajstić information content (AvgIpc) is 1.41. The molecule has 1 amide bonds. The Kier molecular flexibility index (Phi) is 35.1. The zero-order chi connectivity index (χ0) is 85.5. The summed E-state index contributed by atoms with van der Waals surface area (Å²) in [6.07, 6.45) is 8.81. The number of aromatic nitrogens is 15. The van der Waals surface area contributed by atoms with Gasteiger partial charge in [0.1, 0.15) is 71.4 Å². The molecule has 120 heavy (non-hydrogen) atoms. The average molecular weight is 1610 g/mol. The predicted molar refractivity (Wildman–Crippen MR) is 421 cm³/mol. The lowest BCUT2D eigenvalue weighted by molar-refractivity contribution is -0.193. The molecule has 0 saturated heterocycles. The second-order valence-corrected chi connectivity index (χ2v) is 23.5. The molecule has 0 fully saturated rings. The van der Waals surface area contributed by atoms with Gasteiger partial charge in [-0.2, -0.15) is 99.5 Å². The summed E-state index contributed by atoms with van der Waals surface area (Å²) in [5.41, 5.74) is 11.5. The van der Waals surface area contributed by atoms with E-state index in [0.29, 0.717) is 52.2 Å². The molecule has 596 valence electrons.